The minimum absolute atomic E-state index is 0. The van der Waals surface area contributed by atoms with E-state index in [0.29, 0.717) is 26.2 Å². The third-order valence-corrected chi connectivity index (χ3v) is 2.88. The molecule has 1 unspecified atom stereocenters. The highest BCUT2D eigenvalue weighted by molar-refractivity contribution is 5.85. The molecule has 0 aromatic rings. The van der Waals surface area contributed by atoms with Crippen LogP contribution in [0, 0.1) is 0 Å². The molecule has 1 rings (SSSR count). The Labute approximate surface area is 120 Å². The maximum Gasteiger partial charge on any atom is 0.239 e. The van der Waals surface area contributed by atoms with Crippen molar-refractivity contribution in [2.75, 3.05) is 39.9 Å². The van der Waals surface area contributed by atoms with E-state index in [1.165, 1.54) is 0 Å². The van der Waals surface area contributed by atoms with Gasteiger partial charge < -0.3 is 20.3 Å². The van der Waals surface area contributed by atoms with Crippen molar-refractivity contribution in [3.8, 4) is 0 Å². The van der Waals surface area contributed by atoms with Crippen LogP contribution in [0.1, 0.15) is 19.8 Å². The molecule has 0 spiro atoms. The summed E-state index contributed by atoms with van der Waals surface area (Å²) in [7, 11) is 1.58. The lowest BCUT2D eigenvalue weighted by Gasteiger charge is -2.27. The van der Waals surface area contributed by atoms with E-state index in [-0.39, 0.29) is 36.8 Å². The maximum atomic E-state index is 12.1. The second-order valence-electron chi connectivity index (χ2n) is 4.42. The van der Waals surface area contributed by atoms with Gasteiger partial charge in [-0.1, -0.05) is 6.92 Å². The molecular weight excluding hydrogens is 270 g/mol. The van der Waals surface area contributed by atoms with Gasteiger partial charge in [-0.3, -0.25) is 9.59 Å². The number of hydrogen-bond acceptors (Lipinski definition) is 4. The van der Waals surface area contributed by atoms with Crippen LogP contribution in [-0.2, 0) is 14.3 Å². The Balaban J connectivity index is 0.00000324. The second kappa shape index (κ2) is 10.00. The molecule has 2 amide bonds. The Hall–Kier alpha value is -0.850. The predicted octanol–water partition coefficient (Wildman–Crippen LogP) is -0.229. The van der Waals surface area contributed by atoms with E-state index < -0.39 is 0 Å². The first-order valence-electron chi connectivity index (χ1n) is 6.46. The lowest BCUT2D eigenvalue weighted by atomic mass is 10.1. The van der Waals surface area contributed by atoms with Gasteiger partial charge in [-0.05, 0) is 6.42 Å². The summed E-state index contributed by atoms with van der Waals surface area (Å²) in [6.45, 7) is 4.77. The quantitative estimate of drug-likeness (QED) is 0.710. The fourth-order valence-corrected chi connectivity index (χ4v) is 1.90. The average Bonchev–Trinajstić information content (AvgIpc) is 2.39. The second-order valence-corrected chi connectivity index (χ2v) is 4.42. The van der Waals surface area contributed by atoms with E-state index >= 15 is 0 Å². The van der Waals surface area contributed by atoms with Gasteiger partial charge in [0.2, 0.25) is 11.8 Å². The Kier molecular flexibility index (Phi) is 9.55. The number of likely N-dealkylation sites (N-methyl/N-ethyl adjacent to an activating group) is 1. The molecule has 112 valence electrons. The molecule has 0 aromatic carbocycles. The third-order valence-electron chi connectivity index (χ3n) is 2.88. The monoisotopic (exact) mass is 293 g/mol. The number of amides is 2. The normalized spacial score (nSPS) is 18.3. The van der Waals surface area contributed by atoms with Crippen molar-refractivity contribution in [1.29, 1.82) is 0 Å². The summed E-state index contributed by atoms with van der Waals surface area (Å²) in [6.07, 6.45) is 1.23. The predicted molar refractivity (Wildman–Crippen MR) is 75.4 cm³/mol. The van der Waals surface area contributed by atoms with Crippen LogP contribution in [0.25, 0.3) is 0 Å². The van der Waals surface area contributed by atoms with E-state index in [1.54, 1.807) is 11.9 Å². The summed E-state index contributed by atoms with van der Waals surface area (Å²) >= 11 is 0. The lowest BCUT2D eigenvalue weighted by Crippen LogP contribution is -2.47. The number of nitrogens with one attached hydrogen (secondary N) is 2. The van der Waals surface area contributed by atoms with Crippen molar-refractivity contribution >= 4 is 24.2 Å². The smallest absolute Gasteiger partial charge is 0.239 e. The number of nitrogens with zero attached hydrogens (tertiary/aromatic N) is 1. The van der Waals surface area contributed by atoms with Crippen LogP contribution in [0.3, 0.4) is 0 Å². The number of rotatable bonds is 6. The van der Waals surface area contributed by atoms with Gasteiger partial charge in [-0.15, -0.1) is 12.4 Å². The molecule has 0 saturated carbocycles. The molecule has 1 fully saturated rings. The molecule has 0 aromatic heterocycles. The van der Waals surface area contributed by atoms with Crippen LogP contribution < -0.4 is 10.6 Å². The summed E-state index contributed by atoms with van der Waals surface area (Å²) in [6, 6.07) is 0.0651. The summed E-state index contributed by atoms with van der Waals surface area (Å²) in [5.74, 6) is -0.131. The van der Waals surface area contributed by atoms with Gasteiger partial charge >= 0.3 is 0 Å². The van der Waals surface area contributed by atoms with Crippen LogP contribution >= 0.6 is 12.4 Å². The van der Waals surface area contributed by atoms with Gasteiger partial charge in [0.15, 0.2) is 0 Å². The van der Waals surface area contributed by atoms with Crippen molar-refractivity contribution in [1.82, 2.24) is 15.5 Å². The Morgan fingerprint density at radius 1 is 1.47 bits per heavy atom. The number of hydrogen-bond donors (Lipinski definition) is 2. The van der Waals surface area contributed by atoms with Gasteiger partial charge in [0.25, 0.3) is 0 Å². The highest BCUT2D eigenvalue weighted by Gasteiger charge is 2.21. The van der Waals surface area contributed by atoms with Crippen molar-refractivity contribution in [3.63, 3.8) is 0 Å². The zero-order valence-electron chi connectivity index (χ0n) is 11.6. The Bertz CT molecular complexity index is 283. The third kappa shape index (κ3) is 6.75. The Morgan fingerprint density at radius 2 is 2.21 bits per heavy atom. The lowest BCUT2D eigenvalue weighted by molar-refractivity contribution is -0.136. The molecular formula is C12H24ClN3O3. The molecule has 1 aliphatic heterocycles. The molecule has 19 heavy (non-hydrogen) atoms. The van der Waals surface area contributed by atoms with Crippen LogP contribution in [-0.4, -0.2) is 62.7 Å². The van der Waals surface area contributed by atoms with Crippen molar-refractivity contribution in [2.24, 2.45) is 0 Å². The van der Waals surface area contributed by atoms with Crippen molar-refractivity contribution in [2.45, 2.75) is 25.8 Å². The fraction of sp³-hybridized carbons (Fsp3) is 0.833. The van der Waals surface area contributed by atoms with Crippen molar-refractivity contribution in [3.05, 3.63) is 0 Å². The molecule has 7 heteroatoms. The van der Waals surface area contributed by atoms with Gasteiger partial charge in [0.1, 0.15) is 0 Å². The van der Waals surface area contributed by atoms with E-state index in [9.17, 15) is 9.59 Å². The standard InChI is InChI=1S/C12H23N3O3.ClH/c1-3-5-15(8-11(16)13-2)12(17)7-10-9-18-6-4-14-10;/h10,14H,3-9H2,1-2H3,(H,13,16);1H. The fourth-order valence-electron chi connectivity index (χ4n) is 1.90. The summed E-state index contributed by atoms with van der Waals surface area (Å²) in [4.78, 5) is 25.1. The van der Waals surface area contributed by atoms with Crippen molar-refractivity contribution < 1.29 is 14.3 Å². The molecule has 6 nitrogen and oxygen atoms in total. The van der Waals surface area contributed by atoms with E-state index in [2.05, 4.69) is 10.6 Å². The van der Waals surface area contributed by atoms with Gasteiger partial charge in [-0.2, -0.15) is 0 Å². The zero-order chi connectivity index (χ0) is 13.4. The van der Waals surface area contributed by atoms with Crippen LogP contribution in [0.15, 0.2) is 0 Å². The van der Waals surface area contributed by atoms with Crippen LogP contribution in [0.5, 0.6) is 0 Å². The summed E-state index contributed by atoms with van der Waals surface area (Å²) in [5, 5.41) is 5.78. The summed E-state index contributed by atoms with van der Waals surface area (Å²) in [5.41, 5.74) is 0. The number of halogens is 1. The minimum atomic E-state index is -0.135. The van der Waals surface area contributed by atoms with Gasteiger partial charge in [0.05, 0.1) is 19.8 Å². The number of ether oxygens (including phenoxy) is 1. The maximum absolute atomic E-state index is 12.1. The number of carbonyl (C=O) groups is 2. The topological polar surface area (TPSA) is 70.7 Å². The highest BCUT2D eigenvalue weighted by Crippen LogP contribution is 2.03. The average molecular weight is 294 g/mol. The molecule has 1 heterocycles. The molecule has 0 radical (unpaired) electrons. The van der Waals surface area contributed by atoms with E-state index in [4.69, 9.17) is 4.74 Å². The molecule has 1 aliphatic rings. The van der Waals surface area contributed by atoms with Crippen LogP contribution in [0.4, 0.5) is 0 Å². The number of carbonyl (C=O) groups excluding carboxylic acids is 2. The van der Waals surface area contributed by atoms with E-state index in [1.807, 2.05) is 6.92 Å². The first-order valence-corrected chi connectivity index (χ1v) is 6.46. The molecule has 1 saturated heterocycles. The Morgan fingerprint density at radius 3 is 2.74 bits per heavy atom. The first kappa shape index (κ1) is 18.1. The summed E-state index contributed by atoms with van der Waals surface area (Å²) < 4.78 is 5.31. The zero-order valence-corrected chi connectivity index (χ0v) is 12.4. The van der Waals surface area contributed by atoms with Gasteiger partial charge in [0, 0.05) is 32.6 Å². The molecule has 0 bridgehead atoms. The largest absolute Gasteiger partial charge is 0.378 e. The molecule has 1 atom stereocenters. The van der Waals surface area contributed by atoms with Crippen LogP contribution in [0.2, 0.25) is 0 Å². The first-order chi connectivity index (χ1) is 8.67. The number of morpholine rings is 1. The molecule has 0 aliphatic carbocycles. The van der Waals surface area contributed by atoms with E-state index in [0.717, 1.165) is 13.0 Å². The highest BCUT2D eigenvalue weighted by atomic mass is 35.5. The van der Waals surface area contributed by atoms with Gasteiger partial charge in [-0.25, -0.2) is 0 Å². The SMILES string of the molecule is CCCN(CC(=O)NC)C(=O)CC1COCCN1.Cl. The minimum Gasteiger partial charge on any atom is -0.378 e. The molecule has 2 N–H and O–H groups in total.